The summed E-state index contributed by atoms with van der Waals surface area (Å²) in [6, 6.07) is 4.53. The minimum atomic E-state index is -0.617. The van der Waals surface area contributed by atoms with Crippen LogP contribution >= 0.6 is 0 Å². The molecule has 1 aromatic carbocycles. The number of carbonyl (C=O) groups excluding carboxylic acids is 2. The van der Waals surface area contributed by atoms with Crippen LogP contribution in [0.3, 0.4) is 0 Å². The van der Waals surface area contributed by atoms with Crippen LogP contribution in [-0.2, 0) is 0 Å². The summed E-state index contributed by atoms with van der Waals surface area (Å²) in [7, 11) is 1.50. The number of primary amides is 1. The first-order valence-electron chi connectivity index (χ1n) is 5.18. The van der Waals surface area contributed by atoms with Crippen molar-refractivity contribution in [1.82, 2.24) is 10.3 Å². The van der Waals surface area contributed by atoms with Crippen LogP contribution in [0, 0.1) is 0 Å². The lowest BCUT2D eigenvalue weighted by Crippen LogP contribution is -2.19. The van der Waals surface area contributed by atoms with E-state index in [1.807, 2.05) is 0 Å². The summed E-state index contributed by atoms with van der Waals surface area (Å²) in [5.41, 5.74) is 6.30. The van der Waals surface area contributed by atoms with Gasteiger partial charge in [-0.25, -0.2) is 4.98 Å². The van der Waals surface area contributed by atoms with Crippen LogP contribution in [0.25, 0.3) is 11.5 Å². The number of benzene rings is 1. The van der Waals surface area contributed by atoms with Gasteiger partial charge in [-0.1, -0.05) is 0 Å². The molecule has 1 aromatic heterocycles. The van der Waals surface area contributed by atoms with Crippen LogP contribution in [0.1, 0.15) is 20.7 Å². The number of nitrogens with two attached hydrogens (primary N) is 1. The Morgan fingerprint density at radius 1 is 1.28 bits per heavy atom. The highest BCUT2D eigenvalue weighted by Gasteiger charge is 2.13. The maximum atomic E-state index is 11.6. The predicted octanol–water partition coefficient (Wildman–Crippen LogP) is 0.800. The molecular formula is C12H11N3O3. The molecule has 0 unspecified atom stereocenters. The Morgan fingerprint density at radius 3 is 2.56 bits per heavy atom. The van der Waals surface area contributed by atoms with Crippen LogP contribution in [-0.4, -0.2) is 23.8 Å². The summed E-state index contributed by atoms with van der Waals surface area (Å²) >= 11 is 0. The molecular weight excluding hydrogens is 234 g/mol. The third-order valence-electron chi connectivity index (χ3n) is 2.39. The largest absolute Gasteiger partial charge is 0.445 e. The number of amides is 2. The van der Waals surface area contributed by atoms with Crippen LogP contribution in [0.15, 0.2) is 35.1 Å². The maximum Gasteiger partial charge on any atom is 0.251 e. The quantitative estimate of drug-likeness (QED) is 0.835. The van der Waals surface area contributed by atoms with E-state index in [9.17, 15) is 9.59 Å². The van der Waals surface area contributed by atoms with Gasteiger partial charge in [0, 0.05) is 23.7 Å². The summed E-state index contributed by atoms with van der Waals surface area (Å²) in [5.74, 6) is -0.609. The molecule has 2 amide bonds. The molecule has 2 rings (SSSR count). The van der Waals surface area contributed by atoms with Gasteiger partial charge in [0.05, 0.1) is 6.20 Å². The molecule has 0 aliphatic heterocycles. The topological polar surface area (TPSA) is 98.2 Å². The van der Waals surface area contributed by atoms with Crippen molar-refractivity contribution in [3.8, 4) is 11.5 Å². The second kappa shape index (κ2) is 4.70. The molecule has 0 fully saturated rings. The number of carbonyl (C=O) groups is 2. The maximum absolute atomic E-state index is 11.6. The lowest BCUT2D eigenvalue weighted by Gasteiger charge is -2.05. The highest BCUT2D eigenvalue weighted by molar-refractivity contribution is 6.00. The number of nitrogens with zero attached hydrogens (tertiary/aromatic N) is 1. The second-order valence-corrected chi connectivity index (χ2v) is 3.58. The highest BCUT2D eigenvalue weighted by atomic mass is 16.3. The van der Waals surface area contributed by atoms with Crippen LogP contribution in [0.2, 0.25) is 0 Å². The lowest BCUT2D eigenvalue weighted by molar-refractivity contribution is 0.0963. The standard InChI is InChI=1S/C12H11N3O3/c1-14-11(17)8-4-7(10(13)16)5-9(6-8)12-15-2-3-18-12/h2-6H,1H3,(H2,13,16)(H,14,17). The second-order valence-electron chi connectivity index (χ2n) is 3.58. The first-order chi connectivity index (χ1) is 8.61. The molecule has 0 radical (unpaired) electrons. The van der Waals surface area contributed by atoms with E-state index in [1.165, 1.54) is 31.6 Å². The molecule has 3 N–H and O–H groups in total. The van der Waals surface area contributed by atoms with Crippen molar-refractivity contribution in [2.24, 2.45) is 5.73 Å². The molecule has 0 saturated carbocycles. The van der Waals surface area contributed by atoms with Gasteiger partial charge in [-0.15, -0.1) is 0 Å². The molecule has 1 heterocycles. The number of hydrogen-bond donors (Lipinski definition) is 2. The first-order valence-corrected chi connectivity index (χ1v) is 5.18. The summed E-state index contributed by atoms with van der Waals surface area (Å²) < 4.78 is 5.13. The van der Waals surface area contributed by atoms with Crippen LogP contribution < -0.4 is 11.1 Å². The zero-order chi connectivity index (χ0) is 13.1. The number of rotatable bonds is 3. The van der Waals surface area contributed by atoms with E-state index < -0.39 is 5.91 Å². The van der Waals surface area contributed by atoms with Gasteiger partial charge in [0.25, 0.3) is 5.91 Å². The van der Waals surface area contributed by atoms with Gasteiger partial charge in [0.15, 0.2) is 0 Å². The molecule has 0 atom stereocenters. The fraction of sp³-hybridized carbons (Fsp3) is 0.0833. The fourth-order valence-electron chi connectivity index (χ4n) is 1.53. The van der Waals surface area contributed by atoms with Gasteiger partial charge >= 0.3 is 0 Å². The minimum absolute atomic E-state index is 0.226. The molecule has 0 saturated heterocycles. The van der Waals surface area contributed by atoms with Gasteiger partial charge < -0.3 is 15.5 Å². The van der Waals surface area contributed by atoms with Gasteiger partial charge in [0.2, 0.25) is 11.8 Å². The zero-order valence-corrected chi connectivity index (χ0v) is 9.64. The molecule has 0 aliphatic rings. The molecule has 6 nitrogen and oxygen atoms in total. The summed E-state index contributed by atoms with van der Waals surface area (Å²) in [6.45, 7) is 0. The SMILES string of the molecule is CNC(=O)c1cc(C(N)=O)cc(-c2ncco2)c1. The van der Waals surface area contributed by atoms with Crippen LogP contribution in [0.5, 0.6) is 0 Å². The molecule has 2 aromatic rings. The van der Waals surface area contributed by atoms with E-state index in [0.29, 0.717) is 17.0 Å². The highest BCUT2D eigenvalue weighted by Crippen LogP contribution is 2.20. The number of nitrogens with one attached hydrogen (secondary N) is 1. The number of aromatic nitrogens is 1. The summed E-state index contributed by atoms with van der Waals surface area (Å²) in [5, 5.41) is 2.48. The van der Waals surface area contributed by atoms with Crippen molar-refractivity contribution in [2.75, 3.05) is 7.05 Å². The van der Waals surface area contributed by atoms with E-state index in [1.54, 1.807) is 6.07 Å². The zero-order valence-electron chi connectivity index (χ0n) is 9.64. The molecule has 6 heteroatoms. The van der Waals surface area contributed by atoms with Crippen molar-refractivity contribution in [1.29, 1.82) is 0 Å². The Hall–Kier alpha value is -2.63. The van der Waals surface area contributed by atoms with Gasteiger partial charge in [-0.3, -0.25) is 9.59 Å². The number of oxazole rings is 1. The van der Waals surface area contributed by atoms with E-state index in [4.69, 9.17) is 10.2 Å². The van der Waals surface area contributed by atoms with E-state index in [2.05, 4.69) is 10.3 Å². The van der Waals surface area contributed by atoms with E-state index >= 15 is 0 Å². The third-order valence-corrected chi connectivity index (χ3v) is 2.39. The van der Waals surface area contributed by atoms with Gasteiger partial charge in [-0.05, 0) is 18.2 Å². The van der Waals surface area contributed by atoms with Crippen molar-refractivity contribution in [3.05, 3.63) is 41.8 Å². The van der Waals surface area contributed by atoms with Crippen LogP contribution in [0.4, 0.5) is 0 Å². The first kappa shape index (κ1) is 11.8. The molecule has 0 bridgehead atoms. The molecule has 0 spiro atoms. The Kier molecular flexibility index (Phi) is 3.09. The normalized spacial score (nSPS) is 10.1. The molecule has 0 aliphatic carbocycles. The average molecular weight is 245 g/mol. The smallest absolute Gasteiger partial charge is 0.251 e. The summed E-state index contributed by atoms with van der Waals surface area (Å²) in [6.07, 6.45) is 2.89. The van der Waals surface area contributed by atoms with Crippen molar-refractivity contribution < 1.29 is 14.0 Å². The lowest BCUT2D eigenvalue weighted by atomic mass is 10.0. The average Bonchev–Trinajstić information content (AvgIpc) is 2.91. The van der Waals surface area contributed by atoms with Crippen molar-refractivity contribution in [3.63, 3.8) is 0 Å². The Bertz CT molecular complexity index is 591. The minimum Gasteiger partial charge on any atom is -0.445 e. The predicted molar refractivity (Wildman–Crippen MR) is 63.8 cm³/mol. The number of hydrogen-bond acceptors (Lipinski definition) is 4. The Labute approximate surface area is 103 Å². The Balaban J connectivity index is 2.57. The van der Waals surface area contributed by atoms with Crippen molar-refractivity contribution >= 4 is 11.8 Å². The fourth-order valence-corrected chi connectivity index (χ4v) is 1.53. The van der Waals surface area contributed by atoms with Crippen molar-refractivity contribution in [2.45, 2.75) is 0 Å². The molecule has 92 valence electrons. The third kappa shape index (κ3) is 2.22. The Morgan fingerprint density at radius 2 is 2.00 bits per heavy atom. The summed E-state index contributed by atoms with van der Waals surface area (Å²) in [4.78, 5) is 26.8. The molecule has 18 heavy (non-hydrogen) atoms. The van der Waals surface area contributed by atoms with Gasteiger partial charge in [0.1, 0.15) is 6.26 Å². The van der Waals surface area contributed by atoms with E-state index in [-0.39, 0.29) is 11.5 Å². The monoisotopic (exact) mass is 245 g/mol. The van der Waals surface area contributed by atoms with E-state index in [0.717, 1.165) is 0 Å². The van der Waals surface area contributed by atoms with Gasteiger partial charge in [-0.2, -0.15) is 0 Å².